The predicted molar refractivity (Wildman–Crippen MR) is 82.1 cm³/mol. The minimum absolute atomic E-state index is 0.183. The van der Waals surface area contributed by atoms with E-state index in [1.54, 1.807) is 0 Å². The van der Waals surface area contributed by atoms with Crippen molar-refractivity contribution in [3.05, 3.63) is 52.5 Å². The number of hydrogen-bond donors (Lipinski definition) is 2. The lowest BCUT2D eigenvalue weighted by molar-refractivity contribution is -0.136. The third kappa shape index (κ3) is 4.37. The normalized spacial score (nSPS) is 11.7. The molecule has 0 spiro atoms. The molecule has 116 valence electrons. The Hall–Kier alpha value is -2.25. The van der Waals surface area contributed by atoms with Gasteiger partial charge in [0.05, 0.1) is 0 Å². The Morgan fingerprint density at radius 2 is 1.95 bits per heavy atom. The van der Waals surface area contributed by atoms with Crippen molar-refractivity contribution < 1.29 is 18.7 Å². The first-order chi connectivity index (χ1) is 10.6. The molecule has 2 amide bonds. The molecule has 2 rings (SSSR count). The number of carbonyl (C=O) groups excluding carboxylic acids is 2. The highest BCUT2D eigenvalue weighted by Crippen LogP contribution is 2.18. The highest BCUT2D eigenvalue weighted by Gasteiger charge is 2.17. The summed E-state index contributed by atoms with van der Waals surface area (Å²) in [6.07, 6.45) is -0.311. The lowest BCUT2D eigenvalue weighted by Gasteiger charge is -2.14. The number of nitrogens with one attached hydrogen (secondary N) is 2. The first-order valence-corrected chi connectivity index (χ1v) is 7.44. The zero-order valence-corrected chi connectivity index (χ0v) is 12.7. The van der Waals surface area contributed by atoms with Crippen LogP contribution in [-0.2, 0) is 14.3 Å². The number of thiophene rings is 1. The van der Waals surface area contributed by atoms with Crippen LogP contribution in [0.15, 0.2) is 41.1 Å². The van der Waals surface area contributed by atoms with Gasteiger partial charge in [0.15, 0.2) is 0 Å². The number of amides is 2. The van der Waals surface area contributed by atoms with E-state index in [1.165, 1.54) is 42.7 Å². The van der Waals surface area contributed by atoms with Crippen LogP contribution in [0, 0.1) is 5.82 Å². The van der Waals surface area contributed by atoms with Gasteiger partial charge in [-0.1, -0.05) is 0 Å². The fourth-order valence-corrected chi connectivity index (χ4v) is 2.48. The maximum Gasteiger partial charge on any atom is 0.313 e. The SMILES string of the molecule is COC(CNC(=O)C(=O)Nc1ccc(F)cc1)c1ccsc1. The molecule has 5 nitrogen and oxygen atoms in total. The molecule has 1 unspecified atom stereocenters. The van der Waals surface area contributed by atoms with Crippen LogP contribution in [0.1, 0.15) is 11.7 Å². The molecule has 22 heavy (non-hydrogen) atoms. The lowest BCUT2D eigenvalue weighted by Crippen LogP contribution is -2.37. The van der Waals surface area contributed by atoms with E-state index < -0.39 is 17.6 Å². The Kier molecular flexibility index (Phi) is 5.62. The first kappa shape index (κ1) is 16.1. The molecule has 1 aromatic heterocycles. The third-order valence-electron chi connectivity index (χ3n) is 2.96. The van der Waals surface area contributed by atoms with Crippen LogP contribution >= 0.6 is 11.3 Å². The minimum Gasteiger partial charge on any atom is -0.375 e. The van der Waals surface area contributed by atoms with Gasteiger partial charge in [0.2, 0.25) is 0 Å². The molecule has 0 aliphatic carbocycles. The van der Waals surface area contributed by atoms with E-state index in [0.717, 1.165) is 5.56 Å². The largest absolute Gasteiger partial charge is 0.375 e. The average Bonchev–Trinajstić information content (AvgIpc) is 3.04. The number of hydrogen-bond acceptors (Lipinski definition) is 4. The Morgan fingerprint density at radius 3 is 2.55 bits per heavy atom. The first-order valence-electron chi connectivity index (χ1n) is 6.50. The van der Waals surface area contributed by atoms with Gasteiger partial charge in [-0.15, -0.1) is 0 Å². The maximum atomic E-state index is 12.8. The molecule has 2 aromatic rings. The number of ether oxygens (including phenoxy) is 1. The number of halogens is 1. The van der Waals surface area contributed by atoms with Gasteiger partial charge in [0.25, 0.3) is 0 Å². The van der Waals surface area contributed by atoms with Crippen LogP contribution in [-0.4, -0.2) is 25.5 Å². The van der Waals surface area contributed by atoms with Gasteiger partial charge in [-0.05, 0) is 46.7 Å². The van der Waals surface area contributed by atoms with Crippen molar-refractivity contribution in [2.24, 2.45) is 0 Å². The number of rotatable bonds is 5. The summed E-state index contributed by atoms with van der Waals surface area (Å²) >= 11 is 1.52. The fraction of sp³-hybridized carbons (Fsp3) is 0.200. The molecular formula is C15H15FN2O3S. The molecule has 0 aliphatic heterocycles. The topological polar surface area (TPSA) is 67.4 Å². The summed E-state index contributed by atoms with van der Waals surface area (Å²) in [6.45, 7) is 0.183. The van der Waals surface area contributed by atoms with E-state index in [0.29, 0.717) is 5.69 Å². The quantitative estimate of drug-likeness (QED) is 0.830. The zero-order chi connectivity index (χ0) is 15.9. The number of anilines is 1. The van der Waals surface area contributed by atoms with Crippen molar-refractivity contribution in [2.75, 3.05) is 19.0 Å². The number of carbonyl (C=O) groups is 2. The number of methoxy groups -OCH3 is 1. The average molecular weight is 322 g/mol. The van der Waals surface area contributed by atoms with Gasteiger partial charge in [-0.2, -0.15) is 11.3 Å². The molecule has 2 N–H and O–H groups in total. The molecule has 0 saturated carbocycles. The van der Waals surface area contributed by atoms with E-state index in [-0.39, 0.29) is 12.6 Å². The zero-order valence-electron chi connectivity index (χ0n) is 11.8. The van der Waals surface area contributed by atoms with Gasteiger partial charge >= 0.3 is 11.8 Å². The Bertz CT molecular complexity index is 629. The van der Waals surface area contributed by atoms with Gasteiger partial charge in [0.1, 0.15) is 11.9 Å². The second-order valence-electron chi connectivity index (χ2n) is 4.45. The predicted octanol–water partition coefficient (Wildman–Crippen LogP) is 2.33. The van der Waals surface area contributed by atoms with Crippen molar-refractivity contribution in [1.82, 2.24) is 5.32 Å². The molecule has 0 bridgehead atoms. The second-order valence-corrected chi connectivity index (χ2v) is 5.23. The Balaban J connectivity index is 1.86. The van der Waals surface area contributed by atoms with Crippen LogP contribution in [0.25, 0.3) is 0 Å². The van der Waals surface area contributed by atoms with Crippen molar-refractivity contribution in [2.45, 2.75) is 6.10 Å². The van der Waals surface area contributed by atoms with Gasteiger partial charge in [-0.25, -0.2) is 4.39 Å². The monoisotopic (exact) mass is 322 g/mol. The van der Waals surface area contributed by atoms with E-state index in [4.69, 9.17) is 4.74 Å². The molecule has 1 aromatic carbocycles. The highest BCUT2D eigenvalue weighted by atomic mass is 32.1. The summed E-state index contributed by atoms with van der Waals surface area (Å²) < 4.78 is 18.0. The third-order valence-corrected chi connectivity index (χ3v) is 3.66. The van der Waals surface area contributed by atoms with Crippen LogP contribution < -0.4 is 10.6 Å². The summed E-state index contributed by atoms with van der Waals surface area (Å²) in [5.41, 5.74) is 1.29. The van der Waals surface area contributed by atoms with E-state index in [9.17, 15) is 14.0 Å². The minimum atomic E-state index is -0.813. The second kappa shape index (κ2) is 7.67. The summed E-state index contributed by atoms with van der Waals surface area (Å²) in [5, 5.41) is 8.72. The molecule has 0 saturated heterocycles. The Morgan fingerprint density at radius 1 is 1.23 bits per heavy atom. The number of benzene rings is 1. The standard InChI is InChI=1S/C15H15FN2O3S/c1-21-13(10-6-7-22-9-10)8-17-14(19)15(20)18-12-4-2-11(16)3-5-12/h2-7,9,13H,8H2,1H3,(H,17,19)(H,18,20). The van der Waals surface area contributed by atoms with Crippen LogP contribution in [0.5, 0.6) is 0 Å². The molecule has 0 aliphatic rings. The molecule has 1 heterocycles. The molecular weight excluding hydrogens is 307 g/mol. The van der Waals surface area contributed by atoms with Crippen LogP contribution in [0.4, 0.5) is 10.1 Å². The molecule has 1 atom stereocenters. The van der Waals surface area contributed by atoms with Crippen molar-refractivity contribution >= 4 is 28.8 Å². The smallest absolute Gasteiger partial charge is 0.313 e. The van der Waals surface area contributed by atoms with Crippen LogP contribution in [0.3, 0.4) is 0 Å². The van der Waals surface area contributed by atoms with Gasteiger partial charge < -0.3 is 15.4 Å². The fourth-order valence-electron chi connectivity index (χ4n) is 1.78. The van der Waals surface area contributed by atoms with Gasteiger partial charge in [0, 0.05) is 19.3 Å². The Labute approximate surface area is 131 Å². The van der Waals surface area contributed by atoms with E-state index in [1.807, 2.05) is 16.8 Å². The summed E-state index contributed by atoms with van der Waals surface area (Å²) in [7, 11) is 1.53. The van der Waals surface area contributed by atoms with Crippen LogP contribution in [0.2, 0.25) is 0 Å². The van der Waals surface area contributed by atoms with Crippen molar-refractivity contribution in [3.8, 4) is 0 Å². The maximum absolute atomic E-state index is 12.8. The van der Waals surface area contributed by atoms with Crippen molar-refractivity contribution in [1.29, 1.82) is 0 Å². The molecule has 0 fully saturated rings. The summed E-state index contributed by atoms with van der Waals surface area (Å²) in [6, 6.07) is 7.05. The van der Waals surface area contributed by atoms with E-state index >= 15 is 0 Å². The van der Waals surface area contributed by atoms with Crippen molar-refractivity contribution in [3.63, 3.8) is 0 Å². The molecule has 7 heteroatoms. The summed E-state index contributed by atoms with van der Waals surface area (Å²) in [4.78, 5) is 23.5. The van der Waals surface area contributed by atoms with Gasteiger partial charge in [-0.3, -0.25) is 9.59 Å². The highest BCUT2D eigenvalue weighted by molar-refractivity contribution is 7.07. The van der Waals surface area contributed by atoms with E-state index in [2.05, 4.69) is 10.6 Å². The molecule has 0 radical (unpaired) electrons. The summed E-state index contributed by atoms with van der Waals surface area (Å²) in [5.74, 6) is -2.01. The lowest BCUT2D eigenvalue weighted by atomic mass is 10.2.